The molecule has 0 saturated carbocycles. The molecule has 19 heavy (non-hydrogen) atoms. The van der Waals surface area contributed by atoms with Gasteiger partial charge < -0.3 is 5.73 Å². The number of rotatable bonds is 1. The monoisotopic (exact) mass is 291 g/mol. The fourth-order valence-electron chi connectivity index (χ4n) is 1.58. The molecule has 102 valence electrons. The molecule has 2 N–H and O–H groups in total. The molecule has 0 aliphatic heterocycles. The molecule has 0 amide bonds. The first-order valence-corrected chi connectivity index (χ1v) is 5.10. The van der Waals surface area contributed by atoms with Crippen LogP contribution in [-0.4, -0.2) is 0 Å². The van der Waals surface area contributed by atoms with Crippen LogP contribution in [0.2, 0.25) is 0 Å². The molecule has 0 bridgehead atoms. The van der Waals surface area contributed by atoms with Crippen LogP contribution in [0.1, 0.15) is 5.56 Å². The Labute approximate surface area is 113 Å². The van der Waals surface area contributed by atoms with Crippen LogP contribution >= 0.6 is 12.4 Å². The maximum atomic E-state index is 13.3. The highest BCUT2D eigenvalue weighted by Gasteiger charge is 2.30. The van der Waals surface area contributed by atoms with Gasteiger partial charge in [0.1, 0.15) is 5.82 Å². The second kappa shape index (κ2) is 5.48. The first-order chi connectivity index (χ1) is 8.38. The molecule has 2 rings (SSSR count). The number of hydrogen-bond donors (Lipinski definition) is 1. The van der Waals surface area contributed by atoms with Crippen molar-refractivity contribution in [1.29, 1.82) is 0 Å². The summed E-state index contributed by atoms with van der Waals surface area (Å²) in [6.07, 6.45) is -4.41. The van der Waals surface area contributed by atoms with Crippen molar-refractivity contribution in [1.82, 2.24) is 0 Å². The molecule has 0 aromatic heterocycles. The molecule has 0 spiro atoms. The minimum atomic E-state index is -4.41. The van der Waals surface area contributed by atoms with Crippen LogP contribution in [0.15, 0.2) is 42.5 Å². The van der Waals surface area contributed by atoms with Crippen LogP contribution in [0.3, 0.4) is 0 Å². The van der Waals surface area contributed by atoms with E-state index in [-0.39, 0.29) is 18.1 Å². The summed E-state index contributed by atoms with van der Waals surface area (Å²) in [7, 11) is 0. The smallest absolute Gasteiger partial charge is 0.396 e. The molecule has 2 aromatic rings. The number of nitrogen functional groups attached to an aromatic ring is 1. The van der Waals surface area contributed by atoms with Gasteiger partial charge in [0.2, 0.25) is 0 Å². The van der Waals surface area contributed by atoms with E-state index in [2.05, 4.69) is 0 Å². The van der Waals surface area contributed by atoms with Crippen molar-refractivity contribution in [3.05, 3.63) is 53.8 Å². The van der Waals surface area contributed by atoms with Crippen molar-refractivity contribution in [2.24, 2.45) is 0 Å². The molecule has 1 nitrogen and oxygen atoms in total. The Morgan fingerprint density at radius 2 is 1.53 bits per heavy atom. The van der Waals surface area contributed by atoms with Gasteiger partial charge in [-0.1, -0.05) is 18.2 Å². The van der Waals surface area contributed by atoms with E-state index < -0.39 is 17.6 Å². The van der Waals surface area contributed by atoms with Gasteiger partial charge in [0.05, 0.1) is 11.3 Å². The topological polar surface area (TPSA) is 26.0 Å². The molecule has 0 aliphatic carbocycles. The van der Waals surface area contributed by atoms with Crippen LogP contribution in [-0.2, 0) is 6.18 Å². The SMILES string of the molecule is Cl.Nc1ccc(-c2cccc(C(F)(F)F)c2)cc1F. The molecule has 0 aliphatic rings. The van der Waals surface area contributed by atoms with E-state index in [0.717, 1.165) is 18.2 Å². The van der Waals surface area contributed by atoms with Gasteiger partial charge in [0.25, 0.3) is 0 Å². The minimum Gasteiger partial charge on any atom is -0.396 e. The predicted octanol–water partition coefficient (Wildman–Crippen LogP) is 4.52. The van der Waals surface area contributed by atoms with E-state index in [1.165, 1.54) is 24.3 Å². The molecular weight excluding hydrogens is 282 g/mol. The number of nitrogens with two attached hydrogens (primary N) is 1. The summed E-state index contributed by atoms with van der Waals surface area (Å²) in [5, 5.41) is 0. The first kappa shape index (κ1) is 15.3. The summed E-state index contributed by atoms with van der Waals surface area (Å²) in [6, 6.07) is 8.64. The molecule has 0 fully saturated rings. The van der Waals surface area contributed by atoms with Crippen molar-refractivity contribution in [3.8, 4) is 11.1 Å². The highest BCUT2D eigenvalue weighted by molar-refractivity contribution is 5.85. The maximum Gasteiger partial charge on any atom is 0.416 e. The van der Waals surface area contributed by atoms with Crippen LogP contribution in [0.25, 0.3) is 11.1 Å². The highest BCUT2D eigenvalue weighted by atomic mass is 35.5. The van der Waals surface area contributed by atoms with E-state index in [0.29, 0.717) is 11.1 Å². The second-order valence-corrected chi connectivity index (χ2v) is 3.81. The van der Waals surface area contributed by atoms with Crippen molar-refractivity contribution in [3.63, 3.8) is 0 Å². The summed E-state index contributed by atoms with van der Waals surface area (Å²) >= 11 is 0. The Hall–Kier alpha value is -1.75. The Balaban J connectivity index is 0.00000180. The Morgan fingerprint density at radius 3 is 2.11 bits per heavy atom. The fourth-order valence-corrected chi connectivity index (χ4v) is 1.58. The lowest BCUT2D eigenvalue weighted by atomic mass is 10.0. The summed E-state index contributed by atoms with van der Waals surface area (Å²) in [5.74, 6) is -0.648. The Bertz CT molecular complexity index is 581. The van der Waals surface area contributed by atoms with Gasteiger partial charge in [-0.3, -0.25) is 0 Å². The van der Waals surface area contributed by atoms with Gasteiger partial charge >= 0.3 is 6.18 Å². The molecule has 2 aromatic carbocycles. The third kappa shape index (κ3) is 3.38. The van der Waals surface area contributed by atoms with E-state index in [4.69, 9.17) is 5.73 Å². The largest absolute Gasteiger partial charge is 0.416 e. The van der Waals surface area contributed by atoms with Gasteiger partial charge in [-0.15, -0.1) is 12.4 Å². The number of hydrogen-bond acceptors (Lipinski definition) is 1. The lowest BCUT2D eigenvalue weighted by Crippen LogP contribution is -2.04. The summed E-state index contributed by atoms with van der Waals surface area (Å²) in [6.45, 7) is 0. The first-order valence-electron chi connectivity index (χ1n) is 5.10. The zero-order valence-electron chi connectivity index (χ0n) is 9.54. The van der Waals surface area contributed by atoms with E-state index in [1.807, 2.05) is 0 Å². The predicted molar refractivity (Wildman–Crippen MR) is 68.5 cm³/mol. The molecule has 0 unspecified atom stereocenters. The van der Waals surface area contributed by atoms with Crippen molar-refractivity contribution in [2.75, 3.05) is 5.73 Å². The number of halogens is 5. The average molecular weight is 292 g/mol. The van der Waals surface area contributed by atoms with E-state index >= 15 is 0 Å². The van der Waals surface area contributed by atoms with Crippen molar-refractivity contribution < 1.29 is 17.6 Å². The zero-order chi connectivity index (χ0) is 13.3. The van der Waals surface area contributed by atoms with Crippen molar-refractivity contribution >= 4 is 18.1 Å². The third-order valence-corrected chi connectivity index (χ3v) is 2.52. The fraction of sp³-hybridized carbons (Fsp3) is 0.0769. The van der Waals surface area contributed by atoms with Gasteiger partial charge in [-0.25, -0.2) is 4.39 Å². The maximum absolute atomic E-state index is 13.3. The summed E-state index contributed by atoms with van der Waals surface area (Å²) in [5.41, 5.74) is 5.16. The number of alkyl halides is 3. The lowest BCUT2D eigenvalue weighted by Gasteiger charge is -2.09. The van der Waals surface area contributed by atoms with Crippen molar-refractivity contribution in [2.45, 2.75) is 6.18 Å². The number of benzene rings is 2. The van der Waals surface area contributed by atoms with Crippen LogP contribution in [0.4, 0.5) is 23.2 Å². The standard InChI is InChI=1S/C13H9F4N.ClH/c14-11-7-9(4-5-12(11)18)8-2-1-3-10(6-8)13(15,16)17;/h1-7H,18H2;1H. The summed E-state index contributed by atoms with van der Waals surface area (Å²) < 4.78 is 50.9. The molecule has 6 heteroatoms. The average Bonchev–Trinajstić information content (AvgIpc) is 2.32. The minimum absolute atomic E-state index is 0. The normalized spacial score (nSPS) is 10.9. The summed E-state index contributed by atoms with van der Waals surface area (Å²) in [4.78, 5) is 0. The molecular formula is C13H10ClF4N. The quantitative estimate of drug-likeness (QED) is 0.607. The molecule has 0 heterocycles. The molecule has 0 saturated heterocycles. The molecule has 0 radical (unpaired) electrons. The van der Waals surface area contributed by atoms with E-state index in [9.17, 15) is 17.6 Å². The van der Waals surface area contributed by atoms with Crippen LogP contribution in [0, 0.1) is 5.82 Å². The lowest BCUT2D eigenvalue weighted by molar-refractivity contribution is -0.137. The van der Waals surface area contributed by atoms with Gasteiger partial charge in [0, 0.05) is 0 Å². The second-order valence-electron chi connectivity index (χ2n) is 3.81. The zero-order valence-corrected chi connectivity index (χ0v) is 10.4. The van der Waals surface area contributed by atoms with E-state index in [1.54, 1.807) is 0 Å². The van der Waals surface area contributed by atoms with Gasteiger partial charge in [0.15, 0.2) is 0 Å². The highest BCUT2D eigenvalue weighted by Crippen LogP contribution is 2.32. The number of anilines is 1. The third-order valence-electron chi connectivity index (χ3n) is 2.52. The van der Waals surface area contributed by atoms with Crippen LogP contribution < -0.4 is 5.73 Å². The van der Waals surface area contributed by atoms with Crippen LogP contribution in [0.5, 0.6) is 0 Å². The Morgan fingerprint density at radius 1 is 0.895 bits per heavy atom. The van der Waals surface area contributed by atoms with Gasteiger partial charge in [-0.2, -0.15) is 13.2 Å². The Kier molecular flexibility index (Phi) is 4.42. The van der Waals surface area contributed by atoms with Gasteiger partial charge in [-0.05, 0) is 35.4 Å². The molecule has 0 atom stereocenters.